The number of carbonyl (C=O) groups is 1. The molecule has 28 heavy (non-hydrogen) atoms. The van der Waals surface area contributed by atoms with Crippen molar-refractivity contribution in [1.82, 2.24) is 4.98 Å². The van der Waals surface area contributed by atoms with Crippen LogP contribution in [0.5, 0.6) is 5.75 Å². The number of non-ortho nitro benzene ring substituents is 1. The zero-order valence-corrected chi connectivity index (χ0v) is 16.4. The number of benzene rings is 2. The molecule has 0 spiro atoms. The number of fused-ring (bicyclic) bond motifs is 1. The molecule has 0 aliphatic rings. The summed E-state index contributed by atoms with van der Waals surface area (Å²) in [5.74, 6) is 0.475. The highest BCUT2D eigenvalue weighted by atomic mass is 32.2. The maximum Gasteiger partial charge on any atom is 0.269 e. The van der Waals surface area contributed by atoms with Crippen molar-refractivity contribution in [2.75, 3.05) is 12.4 Å². The molecule has 2 aromatic carbocycles. The highest BCUT2D eigenvalue weighted by Gasteiger charge is 2.18. The third-order valence-corrected chi connectivity index (χ3v) is 5.36. The summed E-state index contributed by atoms with van der Waals surface area (Å²) in [7, 11) is 1.58. The van der Waals surface area contributed by atoms with Gasteiger partial charge in [0.2, 0.25) is 5.91 Å². The van der Waals surface area contributed by atoms with Crippen LogP contribution in [0.4, 0.5) is 11.4 Å². The number of nitro benzene ring substituents is 1. The van der Waals surface area contributed by atoms with Gasteiger partial charge in [0.05, 0.1) is 23.0 Å². The number of aromatic nitrogens is 1. The van der Waals surface area contributed by atoms with Crippen LogP contribution in [0.25, 0.3) is 10.9 Å². The van der Waals surface area contributed by atoms with Crippen LogP contribution in [0.15, 0.2) is 53.6 Å². The molecular weight excluding hydrogens is 378 g/mol. The summed E-state index contributed by atoms with van der Waals surface area (Å²) in [6, 6.07) is 11.7. The van der Waals surface area contributed by atoms with Gasteiger partial charge < -0.3 is 10.1 Å². The quantitative estimate of drug-likeness (QED) is 0.372. The van der Waals surface area contributed by atoms with E-state index in [2.05, 4.69) is 10.3 Å². The highest BCUT2D eigenvalue weighted by Crippen LogP contribution is 2.32. The minimum absolute atomic E-state index is 0.0225. The minimum atomic E-state index is -0.448. The zero-order chi connectivity index (χ0) is 20.3. The second kappa shape index (κ2) is 8.26. The Morgan fingerprint density at radius 1 is 1.25 bits per heavy atom. The van der Waals surface area contributed by atoms with E-state index < -0.39 is 10.2 Å². The molecule has 144 valence electrons. The first-order valence-corrected chi connectivity index (χ1v) is 9.43. The number of rotatable bonds is 6. The molecule has 0 aliphatic carbocycles. The van der Waals surface area contributed by atoms with Gasteiger partial charge in [-0.25, -0.2) is 0 Å². The van der Waals surface area contributed by atoms with Crippen molar-refractivity contribution >= 4 is 39.9 Å². The zero-order valence-electron chi connectivity index (χ0n) is 15.6. The van der Waals surface area contributed by atoms with Gasteiger partial charge in [-0.05, 0) is 37.6 Å². The first kappa shape index (κ1) is 19.6. The lowest BCUT2D eigenvalue weighted by Gasteiger charge is -2.16. The molecule has 0 saturated carbocycles. The molecule has 1 N–H and O–H groups in total. The molecule has 8 heteroatoms. The Labute approximate surface area is 166 Å². The standard InChI is InChI=1S/C20H19N3O4S/c1-12-11-21-19-16(5-4-6-17(19)27-3)18(12)22-20(24)13(2)28-15-9-7-14(8-10-15)23(25)26/h4-11,13H,1-3H3,(H,21,22,24)/t13-/m1/s1. The van der Waals surface area contributed by atoms with E-state index in [1.165, 1.54) is 23.9 Å². The Kier molecular flexibility index (Phi) is 5.79. The molecular formula is C20H19N3O4S. The molecule has 1 atom stereocenters. The Balaban J connectivity index is 1.80. The molecule has 0 aliphatic heterocycles. The number of amides is 1. The number of hydrogen-bond donors (Lipinski definition) is 1. The maximum atomic E-state index is 12.8. The van der Waals surface area contributed by atoms with Crippen LogP contribution in [0.2, 0.25) is 0 Å². The largest absolute Gasteiger partial charge is 0.494 e. The fourth-order valence-corrected chi connectivity index (χ4v) is 3.62. The van der Waals surface area contributed by atoms with E-state index in [1.54, 1.807) is 32.4 Å². The number of anilines is 1. The number of aryl methyl sites for hydroxylation is 1. The van der Waals surface area contributed by atoms with E-state index in [9.17, 15) is 14.9 Å². The van der Waals surface area contributed by atoms with E-state index in [0.717, 1.165) is 15.8 Å². The number of nitrogens with zero attached hydrogens (tertiary/aromatic N) is 2. The van der Waals surface area contributed by atoms with Crippen molar-refractivity contribution < 1.29 is 14.5 Å². The van der Waals surface area contributed by atoms with E-state index in [-0.39, 0.29) is 11.6 Å². The average Bonchev–Trinajstić information content (AvgIpc) is 2.69. The number of nitrogens with one attached hydrogen (secondary N) is 1. The molecule has 3 rings (SSSR count). The fraction of sp³-hybridized carbons (Fsp3) is 0.200. The number of carbonyl (C=O) groups excluding carboxylic acids is 1. The molecule has 0 bridgehead atoms. The van der Waals surface area contributed by atoms with E-state index in [1.807, 2.05) is 25.1 Å². The number of pyridine rings is 1. The first-order valence-electron chi connectivity index (χ1n) is 8.55. The number of hydrogen-bond acceptors (Lipinski definition) is 6. The number of ether oxygens (including phenoxy) is 1. The van der Waals surface area contributed by atoms with Crippen molar-refractivity contribution in [2.24, 2.45) is 0 Å². The second-order valence-corrected chi connectivity index (χ2v) is 7.59. The van der Waals surface area contributed by atoms with Crippen LogP contribution >= 0.6 is 11.8 Å². The van der Waals surface area contributed by atoms with Crippen LogP contribution in [0.3, 0.4) is 0 Å². The van der Waals surface area contributed by atoms with Crippen LogP contribution in [-0.2, 0) is 4.79 Å². The fourth-order valence-electron chi connectivity index (χ4n) is 2.76. The third kappa shape index (κ3) is 4.07. The van der Waals surface area contributed by atoms with Crippen molar-refractivity contribution in [3.63, 3.8) is 0 Å². The lowest BCUT2D eigenvalue weighted by molar-refractivity contribution is -0.384. The molecule has 0 fully saturated rings. The van der Waals surface area contributed by atoms with Gasteiger partial charge in [-0.3, -0.25) is 19.9 Å². The summed E-state index contributed by atoms with van der Waals surface area (Å²) in [4.78, 5) is 28.3. The lowest BCUT2D eigenvalue weighted by atomic mass is 10.1. The second-order valence-electron chi connectivity index (χ2n) is 6.17. The topological polar surface area (TPSA) is 94.4 Å². The summed E-state index contributed by atoms with van der Waals surface area (Å²) >= 11 is 1.34. The Morgan fingerprint density at radius 3 is 2.61 bits per heavy atom. The SMILES string of the molecule is COc1cccc2c(NC(=O)[C@@H](C)Sc3ccc([N+](=O)[O-])cc3)c(C)cnc12. The Morgan fingerprint density at radius 2 is 1.96 bits per heavy atom. The summed E-state index contributed by atoms with van der Waals surface area (Å²) in [6.45, 7) is 3.68. The third-order valence-electron chi connectivity index (χ3n) is 4.25. The average molecular weight is 397 g/mol. The number of para-hydroxylation sites is 1. The van der Waals surface area contributed by atoms with Crippen LogP contribution in [0.1, 0.15) is 12.5 Å². The van der Waals surface area contributed by atoms with E-state index in [0.29, 0.717) is 17.0 Å². The van der Waals surface area contributed by atoms with Gasteiger partial charge in [-0.15, -0.1) is 11.8 Å². The lowest BCUT2D eigenvalue weighted by Crippen LogP contribution is -2.23. The van der Waals surface area contributed by atoms with Gasteiger partial charge in [-0.1, -0.05) is 12.1 Å². The van der Waals surface area contributed by atoms with Crippen molar-refractivity contribution in [3.8, 4) is 5.75 Å². The van der Waals surface area contributed by atoms with Gasteiger partial charge in [0.15, 0.2) is 0 Å². The maximum absolute atomic E-state index is 12.8. The summed E-state index contributed by atoms with van der Waals surface area (Å²) in [6.07, 6.45) is 1.70. The molecule has 0 unspecified atom stereocenters. The molecule has 3 aromatic rings. The number of thioether (sulfide) groups is 1. The van der Waals surface area contributed by atoms with Gasteiger partial charge in [0.1, 0.15) is 11.3 Å². The summed E-state index contributed by atoms with van der Waals surface area (Å²) in [5.41, 5.74) is 2.25. The van der Waals surface area contributed by atoms with Crippen molar-refractivity contribution in [2.45, 2.75) is 24.0 Å². The van der Waals surface area contributed by atoms with Crippen LogP contribution in [0, 0.1) is 17.0 Å². The molecule has 1 aromatic heterocycles. The van der Waals surface area contributed by atoms with Gasteiger partial charge in [-0.2, -0.15) is 0 Å². The molecule has 0 saturated heterocycles. The van der Waals surface area contributed by atoms with Crippen LogP contribution < -0.4 is 10.1 Å². The Bertz CT molecular complexity index is 1040. The summed E-state index contributed by atoms with van der Waals surface area (Å²) in [5, 5.41) is 14.2. The minimum Gasteiger partial charge on any atom is -0.494 e. The van der Waals surface area contributed by atoms with Gasteiger partial charge >= 0.3 is 0 Å². The Hall–Kier alpha value is -3.13. The number of methoxy groups -OCH3 is 1. The van der Waals surface area contributed by atoms with Gasteiger partial charge in [0, 0.05) is 28.6 Å². The predicted molar refractivity (Wildman–Crippen MR) is 110 cm³/mol. The summed E-state index contributed by atoms with van der Waals surface area (Å²) < 4.78 is 5.35. The first-order chi connectivity index (χ1) is 13.4. The molecule has 0 radical (unpaired) electrons. The number of nitro groups is 1. The monoisotopic (exact) mass is 397 g/mol. The van der Waals surface area contributed by atoms with E-state index >= 15 is 0 Å². The van der Waals surface area contributed by atoms with E-state index in [4.69, 9.17) is 4.74 Å². The van der Waals surface area contributed by atoms with Crippen molar-refractivity contribution in [1.29, 1.82) is 0 Å². The van der Waals surface area contributed by atoms with Crippen LogP contribution in [-0.4, -0.2) is 28.2 Å². The van der Waals surface area contributed by atoms with Gasteiger partial charge in [0.25, 0.3) is 5.69 Å². The van der Waals surface area contributed by atoms with Crippen molar-refractivity contribution in [3.05, 3.63) is 64.3 Å². The molecule has 7 nitrogen and oxygen atoms in total. The molecule has 1 heterocycles. The predicted octanol–water partition coefficient (Wildman–Crippen LogP) is 4.58. The molecule has 1 amide bonds. The smallest absolute Gasteiger partial charge is 0.269 e. The highest BCUT2D eigenvalue weighted by molar-refractivity contribution is 8.00. The normalized spacial score (nSPS) is 11.8.